The molecular weight excluding hydrogens is 306 g/mol. The first-order chi connectivity index (χ1) is 10.1. The fraction of sp³-hybridized carbons (Fsp3) is 0.333. The smallest absolute Gasteiger partial charge is 0.256 e. The zero-order valence-corrected chi connectivity index (χ0v) is 13.5. The van der Waals surface area contributed by atoms with E-state index in [1.165, 1.54) is 16.6 Å². The van der Waals surface area contributed by atoms with E-state index in [1.807, 2.05) is 4.90 Å². The first-order valence-electron chi connectivity index (χ1n) is 6.82. The van der Waals surface area contributed by atoms with Crippen molar-refractivity contribution in [1.29, 1.82) is 0 Å². The number of carbonyl (C=O) groups excluding carboxylic acids is 1. The van der Waals surface area contributed by atoms with Gasteiger partial charge in [0.15, 0.2) is 0 Å². The molecule has 0 radical (unpaired) electrons. The average molecular weight is 322 g/mol. The minimum Gasteiger partial charge on any atom is -0.373 e. The molecule has 0 saturated heterocycles. The maximum Gasteiger partial charge on any atom is 0.256 e. The highest BCUT2D eigenvalue weighted by Gasteiger charge is 2.30. The fourth-order valence-corrected chi connectivity index (χ4v) is 3.83. The van der Waals surface area contributed by atoms with E-state index < -0.39 is 0 Å². The number of carbonyl (C=O) groups is 1. The van der Waals surface area contributed by atoms with Crippen molar-refractivity contribution < 1.29 is 4.79 Å². The second kappa shape index (κ2) is 5.66. The number of nitrogens with one attached hydrogen (secondary N) is 1. The van der Waals surface area contributed by atoms with Crippen molar-refractivity contribution >= 4 is 34.7 Å². The van der Waals surface area contributed by atoms with E-state index >= 15 is 0 Å². The third-order valence-corrected chi connectivity index (χ3v) is 5.18. The number of hydrogen-bond acceptors (Lipinski definition) is 4. The Hall–Kier alpha value is -1.59. The van der Waals surface area contributed by atoms with E-state index in [-0.39, 0.29) is 11.9 Å². The molecule has 2 aromatic rings. The van der Waals surface area contributed by atoms with Crippen LogP contribution in [0.1, 0.15) is 33.8 Å². The predicted octanol–water partition coefficient (Wildman–Crippen LogP) is 3.60. The number of aromatic nitrogens is 1. The fourth-order valence-electron chi connectivity index (χ4n) is 2.68. The average Bonchev–Trinajstić information content (AvgIpc) is 2.97. The third-order valence-electron chi connectivity index (χ3n) is 3.88. The lowest BCUT2D eigenvalue weighted by Gasteiger charge is -2.34. The van der Waals surface area contributed by atoms with Gasteiger partial charge in [-0.05, 0) is 36.4 Å². The van der Waals surface area contributed by atoms with Crippen molar-refractivity contribution in [2.24, 2.45) is 0 Å². The van der Waals surface area contributed by atoms with Gasteiger partial charge in [0.2, 0.25) is 0 Å². The number of halogens is 1. The van der Waals surface area contributed by atoms with Crippen LogP contribution in [0.25, 0.3) is 0 Å². The van der Waals surface area contributed by atoms with Gasteiger partial charge in [0.25, 0.3) is 5.91 Å². The topological polar surface area (TPSA) is 45.2 Å². The van der Waals surface area contributed by atoms with Gasteiger partial charge in [0.05, 0.1) is 16.6 Å². The largest absolute Gasteiger partial charge is 0.373 e. The van der Waals surface area contributed by atoms with Crippen molar-refractivity contribution in [3.63, 3.8) is 0 Å². The van der Waals surface area contributed by atoms with E-state index in [9.17, 15) is 4.79 Å². The van der Waals surface area contributed by atoms with Gasteiger partial charge in [-0.2, -0.15) is 0 Å². The van der Waals surface area contributed by atoms with Gasteiger partial charge in [-0.1, -0.05) is 11.6 Å². The molecule has 0 spiro atoms. The molecule has 0 aliphatic carbocycles. The molecule has 1 aliphatic heterocycles. The Morgan fingerprint density at radius 3 is 3.14 bits per heavy atom. The van der Waals surface area contributed by atoms with Gasteiger partial charge >= 0.3 is 0 Å². The van der Waals surface area contributed by atoms with E-state index in [0.717, 1.165) is 13.0 Å². The van der Waals surface area contributed by atoms with Gasteiger partial charge in [-0.15, -0.1) is 11.3 Å². The summed E-state index contributed by atoms with van der Waals surface area (Å²) < 4.78 is 0. The molecule has 3 heterocycles. The van der Waals surface area contributed by atoms with Gasteiger partial charge in [-0.3, -0.25) is 4.79 Å². The Labute approximate surface area is 132 Å². The Bertz CT molecular complexity index is 685. The normalized spacial score (nSPS) is 17.5. The molecule has 2 aromatic heterocycles. The molecule has 0 saturated carbocycles. The first-order valence-corrected chi connectivity index (χ1v) is 8.08. The zero-order chi connectivity index (χ0) is 15.0. The number of hydrogen-bond donors (Lipinski definition) is 1. The molecule has 21 heavy (non-hydrogen) atoms. The molecule has 1 N–H and O–H groups in total. The number of thiophene rings is 1. The third kappa shape index (κ3) is 2.51. The van der Waals surface area contributed by atoms with Crippen LogP contribution in [0.3, 0.4) is 0 Å². The number of nitrogens with zero attached hydrogens (tertiary/aromatic N) is 2. The number of amides is 1. The lowest BCUT2D eigenvalue weighted by atomic mass is 10.0. The summed E-state index contributed by atoms with van der Waals surface area (Å²) in [4.78, 5) is 20.2. The van der Waals surface area contributed by atoms with Crippen molar-refractivity contribution in [2.45, 2.75) is 19.4 Å². The standard InChI is InChI=1S/C15H16ClN3OS/c1-9-10-4-6-21-13(10)3-5-19(9)15(20)11-7-14(17-2)18-8-12(11)16/h4,6-9H,3,5H2,1-2H3,(H,17,18). The first kappa shape index (κ1) is 14.4. The molecule has 1 amide bonds. The molecule has 0 fully saturated rings. The highest BCUT2D eigenvalue weighted by molar-refractivity contribution is 7.10. The minimum absolute atomic E-state index is 0.0387. The number of anilines is 1. The monoisotopic (exact) mass is 321 g/mol. The zero-order valence-electron chi connectivity index (χ0n) is 11.9. The van der Waals surface area contributed by atoms with Crippen molar-refractivity contribution in [3.05, 3.63) is 44.7 Å². The van der Waals surface area contributed by atoms with Crippen LogP contribution >= 0.6 is 22.9 Å². The number of pyridine rings is 1. The Morgan fingerprint density at radius 1 is 1.57 bits per heavy atom. The van der Waals surface area contributed by atoms with Crippen LogP contribution in [0.4, 0.5) is 5.82 Å². The second-order valence-electron chi connectivity index (χ2n) is 5.02. The molecule has 4 nitrogen and oxygen atoms in total. The summed E-state index contributed by atoms with van der Waals surface area (Å²) in [5.41, 5.74) is 1.75. The van der Waals surface area contributed by atoms with Gasteiger partial charge < -0.3 is 10.2 Å². The SMILES string of the molecule is CNc1cc(C(=O)N2CCc3sccc3C2C)c(Cl)cn1. The molecule has 6 heteroatoms. The molecule has 110 valence electrons. The maximum absolute atomic E-state index is 12.8. The summed E-state index contributed by atoms with van der Waals surface area (Å²) in [7, 11) is 1.77. The summed E-state index contributed by atoms with van der Waals surface area (Å²) in [5.74, 6) is 0.604. The molecule has 0 bridgehead atoms. The summed E-state index contributed by atoms with van der Waals surface area (Å²) in [6.45, 7) is 2.79. The second-order valence-corrected chi connectivity index (χ2v) is 6.43. The van der Waals surface area contributed by atoms with Crippen LogP contribution in [0.15, 0.2) is 23.7 Å². The van der Waals surface area contributed by atoms with Crippen LogP contribution < -0.4 is 5.32 Å². The minimum atomic E-state index is -0.0387. The number of fused-ring (bicyclic) bond motifs is 1. The van der Waals surface area contributed by atoms with Crippen LogP contribution in [0.2, 0.25) is 5.02 Å². The summed E-state index contributed by atoms with van der Waals surface area (Å²) in [5, 5.41) is 5.42. The molecule has 1 unspecified atom stereocenters. The lowest BCUT2D eigenvalue weighted by Crippen LogP contribution is -2.38. The van der Waals surface area contributed by atoms with E-state index in [2.05, 4.69) is 28.7 Å². The number of rotatable bonds is 2. The molecule has 0 aromatic carbocycles. The Morgan fingerprint density at radius 2 is 2.38 bits per heavy atom. The summed E-state index contributed by atoms with van der Waals surface area (Å²) in [6.07, 6.45) is 2.43. The Balaban J connectivity index is 1.93. The maximum atomic E-state index is 12.8. The van der Waals surface area contributed by atoms with Crippen molar-refractivity contribution in [1.82, 2.24) is 9.88 Å². The highest BCUT2D eigenvalue weighted by Crippen LogP contribution is 2.34. The lowest BCUT2D eigenvalue weighted by molar-refractivity contribution is 0.0679. The quantitative estimate of drug-likeness (QED) is 0.919. The van der Waals surface area contributed by atoms with Gasteiger partial charge in [0.1, 0.15) is 5.82 Å². The van der Waals surface area contributed by atoms with Gasteiger partial charge in [0, 0.05) is 24.7 Å². The van der Waals surface area contributed by atoms with Crippen LogP contribution in [-0.4, -0.2) is 29.4 Å². The molecular formula is C15H16ClN3OS. The van der Waals surface area contributed by atoms with Crippen LogP contribution in [-0.2, 0) is 6.42 Å². The summed E-state index contributed by atoms with van der Waals surface area (Å²) in [6, 6.07) is 3.90. The Kier molecular flexibility index (Phi) is 3.87. The molecule has 1 atom stereocenters. The highest BCUT2D eigenvalue weighted by atomic mass is 35.5. The van der Waals surface area contributed by atoms with E-state index in [4.69, 9.17) is 11.6 Å². The molecule has 3 rings (SSSR count). The predicted molar refractivity (Wildman–Crippen MR) is 86.3 cm³/mol. The van der Waals surface area contributed by atoms with Crippen molar-refractivity contribution in [3.8, 4) is 0 Å². The van der Waals surface area contributed by atoms with E-state index in [0.29, 0.717) is 16.4 Å². The molecule has 1 aliphatic rings. The van der Waals surface area contributed by atoms with Gasteiger partial charge in [-0.25, -0.2) is 4.98 Å². The van der Waals surface area contributed by atoms with Crippen LogP contribution in [0, 0.1) is 0 Å². The van der Waals surface area contributed by atoms with Crippen molar-refractivity contribution in [2.75, 3.05) is 18.9 Å². The van der Waals surface area contributed by atoms with Crippen LogP contribution in [0.5, 0.6) is 0 Å². The summed E-state index contributed by atoms with van der Waals surface area (Å²) >= 11 is 7.92. The van der Waals surface area contributed by atoms with E-state index in [1.54, 1.807) is 24.5 Å².